The molecule has 0 radical (unpaired) electrons. The molecule has 0 atom stereocenters. The van der Waals surface area contributed by atoms with Gasteiger partial charge in [-0.25, -0.2) is 0 Å². The summed E-state index contributed by atoms with van der Waals surface area (Å²) in [6.07, 6.45) is 1.15. The molecular weight excluding hydrogens is 136 g/mol. The molecule has 0 aromatic carbocycles. The number of rotatable bonds is 3. The average molecular weight is 160 g/mol. The fourth-order valence-electron chi connectivity index (χ4n) is 0.333. The summed E-state index contributed by atoms with van der Waals surface area (Å²) in [6.45, 7) is 10.2. The van der Waals surface area contributed by atoms with Crippen LogP contribution in [0.2, 0.25) is 0 Å². The van der Waals surface area contributed by atoms with Crippen LogP contribution in [0.3, 0.4) is 0 Å². The van der Waals surface area contributed by atoms with Gasteiger partial charge >= 0.3 is 0 Å². The Bertz CT molecular complexity index is 60.6. The Morgan fingerprint density at radius 1 is 0.909 bits per heavy atom. The molecule has 0 heterocycles. The number of hydrogen-bond acceptors (Lipinski definition) is 2. The van der Waals surface area contributed by atoms with E-state index in [1.807, 2.05) is 0 Å². The van der Waals surface area contributed by atoms with E-state index >= 15 is 0 Å². The monoisotopic (exact) mass is 160 g/mol. The SMILES string of the molecule is CC(C)CCN.CC(C)CN. The molecule has 0 aromatic heterocycles. The van der Waals surface area contributed by atoms with Crippen LogP contribution in [-0.4, -0.2) is 13.1 Å². The third-order valence-corrected chi connectivity index (χ3v) is 1.22. The van der Waals surface area contributed by atoms with Gasteiger partial charge in [0.25, 0.3) is 0 Å². The molecule has 0 aromatic rings. The van der Waals surface area contributed by atoms with Crippen molar-refractivity contribution in [2.45, 2.75) is 34.1 Å². The summed E-state index contributed by atoms with van der Waals surface area (Å²) in [5.74, 6) is 1.44. The van der Waals surface area contributed by atoms with Crippen LogP contribution in [0, 0.1) is 11.8 Å². The van der Waals surface area contributed by atoms with Gasteiger partial charge in [-0.3, -0.25) is 0 Å². The maximum atomic E-state index is 5.23. The highest BCUT2D eigenvalue weighted by Crippen LogP contribution is 1.93. The van der Waals surface area contributed by atoms with Crippen LogP contribution in [0.5, 0.6) is 0 Å². The summed E-state index contributed by atoms with van der Waals surface area (Å²) in [7, 11) is 0. The second-order valence-corrected chi connectivity index (χ2v) is 3.60. The van der Waals surface area contributed by atoms with Crippen LogP contribution in [0.15, 0.2) is 0 Å². The van der Waals surface area contributed by atoms with Crippen LogP contribution in [0.1, 0.15) is 34.1 Å². The maximum Gasteiger partial charge on any atom is -0.00541 e. The molecule has 0 bridgehead atoms. The molecule has 0 fully saturated rings. The van der Waals surface area contributed by atoms with E-state index in [4.69, 9.17) is 11.5 Å². The lowest BCUT2D eigenvalue weighted by molar-refractivity contribution is 0.596. The third-order valence-electron chi connectivity index (χ3n) is 1.22. The molecule has 2 nitrogen and oxygen atoms in total. The Labute approximate surface area is 71.3 Å². The van der Waals surface area contributed by atoms with Crippen molar-refractivity contribution in [3.63, 3.8) is 0 Å². The predicted molar refractivity (Wildman–Crippen MR) is 52.4 cm³/mol. The first-order valence-electron chi connectivity index (χ1n) is 4.44. The van der Waals surface area contributed by atoms with Gasteiger partial charge in [-0.1, -0.05) is 27.7 Å². The molecule has 2 heteroatoms. The van der Waals surface area contributed by atoms with Gasteiger partial charge in [-0.05, 0) is 31.3 Å². The van der Waals surface area contributed by atoms with Gasteiger partial charge in [0.15, 0.2) is 0 Å². The fraction of sp³-hybridized carbons (Fsp3) is 1.00. The van der Waals surface area contributed by atoms with Crippen molar-refractivity contribution in [2.75, 3.05) is 13.1 Å². The normalized spacial score (nSPS) is 9.82. The molecule has 0 aliphatic carbocycles. The predicted octanol–water partition coefficient (Wildman–Crippen LogP) is 1.59. The summed E-state index contributed by atoms with van der Waals surface area (Å²) < 4.78 is 0. The van der Waals surface area contributed by atoms with E-state index in [1.54, 1.807) is 0 Å². The highest BCUT2D eigenvalue weighted by molar-refractivity contribution is 4.42. The summed E-state index contributed by atoms with van der Waals surface area (Å²) in [6, 6.07) is 0. The first kappa shape index (κ1) is 13.5. The maximum absolute atomic E-state index is 5.23. The van der Waals surface area contributed by atoms with Crippen LogP contribution < -0.4 is 11.5 Å². The minimum atomic E-state index is 0.662. The van der Waals surface area contributed by atoms with E-state index in [-0.39, 0.29) is 0 Å². The molecule has 4 N–H and O–H groups in total. The first-order chi connectivity index (χ1) is 5.04. The molecule has 0 amide bonds. The van der Waals surface area contributed by atoms with Gasteiger partial charge in [0.05, 0.1) is 0 Å². The van der Waals surface area contributed by atoms with Crippen molar-refractivity contribution in [3.8, 4) is 0 Å². The smallest absolute Gasteiger partial charge is 0.00541 e. The second-order valence-electron chi connectivity index (χ2n) is 3.60. The number of nitrogens with two attached hydrogens (primary N) is 2. The Balaban J connectivity index is 0. The Morgan fingerprint density at radius 3 is 1.27 bits per heavy atom. The molecule has 11 heavy (non-hydrogen) atoms. The summed E-state index contributed by atoms with van der Waals surface area (Å²) in [4.78, 5) is 0. The average Bonchev–Trinajstić information content (AvgIpc) is 1.89. The van der Waals surface area contributed by atoms with Crippen molar-refractivity contribution in [1.29, 1.82) is 0 Å². The van der Waals surface area contributed by atoms with E-state index in [9.17, 15) is 0 Å². The second kappa shape index (κ2) is 9.92. The summed E-state index contributed by atoms with van der Waals surface area (Å²) in [5, 5.41) is 0. The van der Waals surface area contributed by atoms with Gasteiger partial charge < -0.3 is 11.5 Å². The van der Waals surface area contributed by atoms with E-state index < -0.39 is 0 Å². The van der Waals surface area contributed by atoms with Crippen molar-refractivity contribution < 1.29 is 0 Å². The lowest BCUT2D eigenvalue weighted by Crippen LogP contribution is -2.05. The minimum Gasteiger partial charge on any atom is -0.330 e. The first-order valence-corrected chi connectivity index (χ1v) is 4.44. The van der Waals surface area contributed by atoms with Crippen molar-refractivity contribution in [3.05, 3.63) is 0 Å². The fourth-order valence-corrected chi connectivity index (χ4v) is 0.333. The Hall–Kier alpha value is -0.0800. The molecule has 0 rings (SSSR count). The summed E-state index contributed by atoms with van der Waals surface area (Å²) >= 11 is 0. The molecule has 0 saturated heterocycles. The van der Waals surface area contributed by atoms with E-state index in [0.717, 1.165) is 25.4 Å². The lowest BCUT2D eigenvalue weighted by atomic mass is 10.1. The quantitative estimate of drug-likeness (QED) is 0.659. The van der Waals surface area contributed by atoms with Gasteiger partial charge in [0.2, 0.25) is 0 Å². The van der Waals surface area contributed by atoms with Gasteiger partial charge in [-0.2, -0.15) is 0 Å². The van der Waals surface area contributed by atoms with Crippen molar-refractivity contribution in [1.82, 2.24) is 0 Å². The standard InChI is InChI=1S/C5H13N.C4H11N/c1-5(2)3-4-6;1-4(2)3-5/h5H,3-4,6H2,1-2H3;4H,3,5H2,1-2H3. The Morgan fingerprint density at radius 2 is 1.27 bits per heavy atom. The van der Waals surface area contributed by atoms with E-state index in [0.29, 0.717) is 5.92 Å². The van der Waals surface area contributed by atoms with Crippen molar-refractivity contribution in [2.24, 2.45) is 23.3 Å². The molecule has 0 spiro atoms. The van der Waals surface area contributed by atoms with Crippen LogP contribution in [0.4, 0.5) is 0 Å². The van der Waals surface area contributed by atoms with E-state index in [2.05, 4.69) is 27.7 Å². The number of hydrogen-bond donors (Lipinski definition) is 2. The lowest BCUT2D eigenvalue weighted by Gasteiger charge is -1.96. The minimum absolute atomic E-state index is 0.662. The van der Waals surface area contributed by atoms with Gasteiger partial charge in [-0.15, -0.1) is 0 Å². The van der Waals surface area contributed by atoms with Gasteiger partial charge in [0, 0.05) is 0 Å². The highest BCUT2D eigenvalue weighted by atomic mass is 14.5. The molecule has 0 aliphatic heterocycles. The van der Waals surface area contributed by atoms with Gasteiger partial charge in [0.1, 0.15) is 0 Å². The third kappa shape index (κ3) is 25.7. The van der Waals surface area contributed by atoms with Crippen LogP contribution in [0.25, 0.3) is 0 Å². The van der Waals surface area contributed by atoms with E-state index in [1.165, 1.54) is 0 Å². The molecular formula is C9H24N2. The zero-order valence-electron chi connectivity index (χ0n) is 8.43. The molecule has 0 saturated carbocycles. The highest BCUT2D eigenvalue weighted by Gasteiger charge is 1.85. The van der Waals surface area contributed by atoms with Crippen LogP contribution in [-0.2, 0) is 0 Å². The zero-order chi connectivity index (χ0) is 9.28. The summed E-state index contributed by atoms with van der Waals surface area (Å²) in [5.41, 5.74) is 10.4. The Kier molecular flexibility index (Phi) is 12.2. The molecule has 0 aliphatic rings. The largest absolute Gasteiger partial charge is 0.330 e. The molecule has 0 unspecified atom stereocenters. The van der Waals surface area contributed by atoms with Crippen molar-refractivity contribution >= 4 is 0 Å². The topological polar surface area (TPSA) is 52.0 Å². The van der Waals surface area contributed by atoms with Crippen LogP contribution >= 0.6 is 0 Å². The molecule has 70 valence electrons. The zero-order valence-corrected chi connectivity index (χ0v) is 8.43.